The van der Waals surface area contributed by atoms with Gasteiger partial charge in [-0.25, -0.2) is 0 Å². The van der Waals surface area contributed by atoms with Crippen molar-refractivity contribution in [2.24, 2.45) is 5.41 Å². The Kier molecular flexibility index (Phi) is 4.31. The highest BCUT2D eigenvalue weighted by Crippen LogP contribution is 2.45. The summed E-state index contributed by atoms with van der Waals surface area (Å²) in [6.45, 7) is 4.34. The smallest absolute Gasteiger partial charge is 0.163 e. The first-order chi connectivity index (χ1) is 12.5. The van der Waals surface area contributed by atoms with E-state index in [2.05, 4.69) is 67.1 Å². The lowest BCUT2D eigenvalue weighted by atomic mass is 9.73. The number of hydrogen-bond acceptors (Lipinski definition) is 4. The zero-order valence-electron chi connectivity index (χ0n) is 15.4. The Hall–Kier alpha value is -2.20. The number of para-hydroxylation sites is 2. The van der Waals surface area contributed by atoms with Gasteiger partial charge in [0.25, 0.3) is 0 Å². The second-order valence-electron chi connectivity index (χ2n) is 7.85. The Bertz CT molecular complexity index is 883. The van der Waals surface area contributed by atoms with Gasteiger partial charge in [-0.1, -0.05) is 38.1 Å². The maximum atomic E-state index is 13.1. The van der Waals surface area contributed by atoms with E-state index < -0.39 is 0 Å². The molecule has 3 nitrogen and oxygen atoms in total. The highest BCUT2D eigenvalue weighted by atomic mass is 32.2. The Morgan fingerprint density at radius 1 is 1.00 bits per heavy atom. The lowest BCUT2D eigenvalue weighted by Gasteiger charge is -2.34. The summed E-state index contributed by atoms with van der Waals surface area (Å²) in [5.74, 6) is 0.239. The monoisotopic (exact) mass is 364 g/mol. The number of carbonyl (C=O) groups is 1. The van der Waals surface area contributed by atoms with E-state index in [0.717, 1.165) is 34.6 Å². The molecule has 2 aliphatic rings. The van der Waals surface area contributed by atoms with Gasteiger partial charge in [-0.05, 0) is 47.9 Å². The first-order valence-electron chi connectivity index (χ1n) is 9.00. The minimum atomic E-state index is -0.124. The van der Waals surface area contributed by atoms with E-state index in [1.54, 1.807) is 11.8 Å². The van der Waals surface area contributed by atoms with Crippen molar-refractivity contribution in [2.45, 2.75) is 37.6 Å². The first-order valence-corrected chi connectivity index (χ1v) is 10.2. The predicted molar refractivity (Wildman–Crippen MR) is 110 cm³/mol. The molecule has 26 heavy (non-hydrogen) atoms. The first kappa shape index (κ1) is 17.2. The second-order valence-corrected chi connectivity index (χ2v) is 8.73. The van der Waals surface area contributed by atoms with E-state index in [4.69, 9.17) is 0 Å². The third kappa shape index (κ3) is 3.14. The van der Waals surface area contributed by atoms with Crippen LogP contribution in [0.25, 0.3) is 0 Å². The van der Waals surface area contributed by atoms with Crippen LogP contribution in [0.2, 0.25) is 0 Å². The van der Waals surface area contributed by atoms with Crippen LogP contribution in [0.1, 0.15) is 38.3 Å². The quantitative estimate of drug-likeness (QED) is 0.678. The summed E-state index contributed by atoms with van der Waals surface area (Å²) in [7, 11) is 0. The van der Waals surface area contributed by atoms with Crippen LogP contribution in [0.5, 0.6) is 0 Å². The molecule has 134 valence electrons. The zero-order chi connectivity index (χ0) is 18.3. The van der Waals surface area contributed by atoms with Crippen molar-refractivity contribution >= 4 is 28.9 Å². The van der Waals surface area contributed by atoms with Gasteiger partial charge in [0, 0.05) is 22.6 Å². The molecule has 2 aromatic carbocycles. The van der Waals surface area contributed by atoms with Gasteiger partial charge < -0.3 is 10.6 Å². The summed E-state index contributed by atoms with van der Waals surface area (Å²) in [5.41, 5.74) is 5.12. The minimum absolute atomic E-state index is 0.0184. The Balaban J connectivity index is 1.85. The third-order valence-electron chi connectivity index (χ3n) is 5.17. The number of thioether (sulfide) groups is 1. The summed E-state index contributed by atoms with van der Waals surface area (Å²) in [6.07, 6.45) is 3.54. The van der Waals surface area contributed by atoms with Gasteiger partial charge in [0.2, 0.25) is 0 Å². The van der Waals surface area contributed by atoms with Crippen LogP contribution in [-0.2, 0) is 4.79 Å². The molecular weight excluding hydrogens is 340 g/mol. The molecule has 0 saturated heterocycles. The van der Waals surface area contributed by atoms with Crippen molar-refractivity contribution in [3.63, 3.8) is 0 Å². The normalized spacial score (nSPS) is 21.2. The van der Waals surface area contributed by atoms with E-state index in [0.29, 0.717) is 6.42 Å². The fraction of sp³-hybridized carbons (Fsp3) is 0.318. The van der Waals surface area contributed by atoms with Crippen LogP contribution in [0.4, 0.5) is 11.4 Å². The molecule has 0 aromatic heterocycles. The maximum absolute atomic E-state index is 13.1. The Labute approximate surface area is 159 Å². The lowest BCUT2D eigenvalue weighted by Crippen LogP contribution is -2.31. The summed E-state index contributed by atoms with van der Waals surface area (Å²) in [5, 5.41) is 7.18. The molecule has 0 amide bonds. The molecule has 0 spiro atoms. The average Bonchev–Trinajstić information content (AvgIpc) is 2.77. The van der Waals surface area contributed by atoms with E-state index in [-0.39, 0.29) is 17.2 Å². The molecular formula is C22H24N2OS. The highest BCUT2D eigenvalue weighted by molar-refractivity contribution is 7.98. The third-order valence-corrected chi connectivity index (χ3v) is 5.91. The zero-order valence-corrected chi connectivity index (χ0v) is 16.2. The fourth-order valence-electron chi connectivity index (χ4n) is 3.94. The number of benzene rings is 2. The molecule has 1 atom stereocenters. The summed E-state index contributed by atoms with van der Waals surface area (Å²) >= 11 is 1.73. The van der Waals surface area contributed by atoms with Gasteiger partial charge in [-0.15, -0.1) is 11.8 Å². The fourth-order valence-corrected chi connectivity index (χ4v) is 4.34. The molecule has 0 unspecified atom stereocenters. The topological polar surface area (TPSA) is 41.1 Å². The summed E-state index contributed by atoms with van der Waals surface area (Å²) in [4.78, 5) is 14.3. The predicted octanol–water partition coefficient (Wildman–Crippen LogP) is 5.63. The summed E-state index contributed by atoms with van der Waals surface area (Å²) in [6, 6.07) is 16.6. The van der Waals surface area contributed by atoms with Gasteiger partial charge in [-0.2, -0.15) is 0 Å². The van der Waals surface area contributed by atoms with Gasteiger partial charge >= 0.3 is 0 Å². The number of ketones is 1. The number of hydrogen-bond donors (Lipinski definition) is 2. The van der Waals surface area contributed by atoms with Gasteiger partial charge in [0.05, 0.1) is 17.4 Å². The van der Waals surface area contributed by atoms with Crippen LogP contribution in [-0.4, -0.2) is 12.0 Å². The minimum Gasteiger partial charge on any atom is -0.372 e. The van der Waals surface area contributed by atoms with E-state index in [9.17, 15) is 4.79 Å². The second kappa shape index (κ2) is 6.51. The van der Waals surface area contributed by atoms with Crippen molar-refractivity contribution in [2.75, 3.05) is 16.9 Å². The largest absolute Gasteiger partial charge is 0.372 e. The average molecular weight is 365 g/mol. The highest BCUT2D eigenvalue weighted by Gasteiger charge is 2.38. The molecule has 4 heteroatoms. The molecule has 2 aromatic rings. The molecule has 2 N–H and O–H groups in total. The standard InChI is InChI=1S/C22H24N2OS/c1-22(2)12-18-20(19(25)13-22)21(14-8-10-15(26-3)11-9-14)24-17-7-5-4-6-16(17)23-18/h4-11,21,23-24H,12-13H2,1-3H3/t21-/m1/s1. The van der Waals surface area contributed by atoms with E-state index >= 15 is 0 Å². The van der Waals surface area contributed by atoms with Crippen LogP contribution < -0.4 is 10.6 Å². The molecule has 0 bridgehead atoms. The maximum Gasteiger partial charge on any atom is 0.163 e. The van der Waals surface area contributed by atoms with Crippen LogP contribution in [0.15, 0.2) is 64.7 Å². The number of Topliss-reactive ketones (excluding diaryl/α,β-unsaturated/α-hetero) is 1. The molecule has 1 aliphatic heterocycles. The molecule has 0 radical (unpaired) electrons. The SMILES string of the molecule is CSc1ccc([C@H]2Nc3ccccc3NC3=C2C(=O)CC(C)(C)C3)cc1. The van der Waals surface area contributed by atoms with E-state index in [1.807, 2.05) is 12.1 Å². The number of allylic oxidation sites excluding steroid dienone is 1. The number of rotatable bonds is 2. The van der Waals surface area contributed by atoms with Crippen molar-refractivity contribution in [3.05, 3.63) is 65.4 Å². The molecule has 0 fully saturated rings. The molecule has 4 rings (SSSR count). The van der Waals surface area contributed by atoms with Crippen LogP contribution in [0.3, 0.4) is 0 Å². The lowest BCUT2D eigenvalue weighted by molar-refractivity contribution is -0.118. The van der Waals surface area contributed by atoms with E-state index in [1.165, 1.54) is 4.90 Å². The molecule has 1 heterocycles. The van der Waals surface area contributed by atoms with Crippen molar-refractivity contribution in [1.29, 1.82) is 0 Å². The molecule has 0 saturated carbocycles. The number of anilines is 2. The summed E-state index contributed by atoms with van der Waals surface area (Å²) < 4.78 is 0. The Morgan fingerprint density at radius 2 is 1.69 bits per heavy atom. The van der Waals surface area contributed by atoms with Crippen molar-refractivity contribution in [1.82, 2.24) is 0 Å². The van der Waals surface area contributed by atoms with Gasteiger partial charge in [0.15, 0.2) is 5.78 Å². The van der Waals surface area contributed by atoms with Crippen molar-refractivity contribution < 1.29 is 4.79 Å². The Morgan fingerprint density at radius 3 is 2.38 bits per heavy atom. The van der Waals surface area contributed by atoms with Crippen LogP contribution >= 0.6 is 11.8 Å². The van der Waals surface area contributed by atoms with Gasteiger partial charge in [-0.3, -0.25) is 4.79 Å². The van der Waals surface area contributed by atoms with Gasteiger partial charge in [0.1, 0.15) is 0 Å². The van der Waals surface area contributed by atoms with Crippen molar-refractivity contribution in [3.8, 4) is 0 Å². The number of fused-ring (bicyclic) bond motifs is 1. The number of nitrogens with one attached hydrogen (secondary N) is 2. The van der Waals surface area contributed by atoms with Crippen LogP contribution in [0, 0.1) is 5.41 Å². The molecule has 1 aliphatic carbocycles. The number of carbonyl (C=O) groups excluding carboxylic acids is 1.